The fraction of sp³-hybridized carbons (Fsp3) is 0.0889. The highest BCUT2D eigenvalue weighted by atomic mass is 14.7. The zero-order chi connectivity index (χ0) is 31.6. The fourth-order valence-corrected chi connectivity index (χ4v) is 8.07. The molecule has 0 saturated carbocycles. The summed E-state index contributed by atoms with van der Waals surface area (Å²) in [5, 5.41) is 7.55. The summed E-state index contributed by atoms with van der Waals surface area (Å²) in [6.45, 7) is 0. The first-order chi connectivity index (χ1) is 23.8. The third-order valence-corrected chi connectivity index (χ3v) is 10.3. The number of aryl methyl sites for hydroxylation is 2. The fourth-order valence-electron chi connectivity index (χ4n) is 8.07. The number of hydrogen-bond donors (Lipinski definition) is 0. The molecule has 226 valence electrons. The van der Waals surface area contributed by atoms with Crippen LogP contribution in [0.4, 0.5) is 0 Å². The van der Waals surface area contributed by atoms with Crippen LogP contribution in [0.15, 0.2) is 128 Å². The number of fused-ring (bicyclic) bond motifs is 11. The summed E-state index contributed by atoms with van der Waals surface area (Å²) >= 11 is 0. The van der Waals surface area contributed by atoms with Crippen LogP contribution in [-0.4, -0.2) is 15.0 Å². The van der Waals surface area contributed by atoms with Gasteiger partial charge >= 0.3 is 0 Å². The molecule has 0 spiro atoms. The lowest BCUT2D eigenvalue weighted by molar-refractivity contribution is 0.962. The van der Waals surface area contributed by atoms with Crippen molar-refractivity contribution in [2.24, 2.45) is 0 Å². The average molecular weight is 614 g/mol. The summed E-state index contributed by atoms with van der Waals surface area (Å²) in [7, 11) is 0. The van der Waals surface area contributed by atoms with Gasteiger partial charge in [0.1, 0.15) is 0 Å². The second-order valence-electron chi connectivity index (χ2n) is 13.0. The van der Waals surface area contributed by atoms with Gasteiger partial charge in [-0.1, -0.05) is 97.1 Å². The molecule has 8 aromatic rings. The smallest absolute Gasteiger partial charge is 0.0970 e. The van der Waals surface area contributed by atoms with Crippen molar-refractivity contribution in [1.82, 2.24) is 15.0 Å². The van der Waals surface area contributed by atoms with E-state index in [1.807, 2.05) is 24.5 Å². The van der Waals surface area contributed by atoms with Crippen molar-refractivity contribution in [3.63, 3.8) is 0 Å². The minimum Gasteiger partial charge on any atom is -0.254 e. The van der Waals surface area contributed by atoms with Crippen LogP contribution in [0.5, 0.6) is 0 Å². The number of pyridine rings is 3. The van der Waals surface area contributed by atoms with Crippen molar-refractivity contribution in [2.45, 2.75) is 25.7 Å². The number of benzene rings is 5. The Kier molecular flexibility index (Phi) is 6.13. The summed E-state index contributed by atoms with van der Waals surface area (Å²) in [5.74, 6) is 0. The van der Waals surface area contributed by atoms with E-state index < -0.39 is 0 Å². The maximum atomic E-state index is 5.44. The second-order valence-corrected chi connectivity index (χ2v) is 13.0. The standard InChI is InChI=1S/C45H31N3/c1-3-15-35-33(13-1)34-14-2-4-16-36(34)42-41(35)38-17-5-6-19-40(38)48-43(42)31-11-7-10-30(26-31)28-20-22-29(23-21-28)39-27-32-12-8-24-46-44(32)45-37(39)18-9-25-47-45/h1-2,4,6-14,16,18-27H,3,5,15,17H2. The molecule has 3 nitrogen and oxygen atoms in total. The molecule has 0 unspecified atom stereocenters. The van der Waals surface area contributed by atoms with Gasteiger partial charge in [-0.2, -0.15) is 0 Å². The Balaban J connectivity index is 1.14. The number of aromatic nitrogens is 3. The van der Waals surface area contributed by atoms with Crippen molar-refractivity contribution in [2.75, 3.05) is 0 Å². The summed E-state index contributed by atoms with van der Waals surface area (Å²) in [4.78, 5) is 14.8. The second kappa shape index (κ2) is 10.8. The van der Waals surface area contributed by atoms with Crippen molar-refractivity contribution in [3.05, 3.63) is 150 Å². The van der Waals surface area contributed by atoms with E-state index in [1.165, 1.54) is 54.9 Å². The van der Waals surface area contributed by atoms with Crippen molar-refractivity contribution in [3.8, 4) is 33.5 Å². The predicted octanol–water partition coefficient (Wildman–Crippen LogP) is 11.4. The normalized spacial score (nSPS) is 13.8. The van der Waals surface area contributed by atoms with Gasteiger partial charge < -0.3 is 0 Å². The SMILES string of the molecule is C1=Cc2nc(-c3cccc(-c4ccc(-c5cc6cccnc6c6ncccc56)cc4)c3)c3c(c2CC1)c1c(c2ccccc23)C=CCC1. The van der Waals surface area contributed by atoms with E-state index in [2.05, 4.69) is 120 Å². The maximum Gasteiger partial charge on any atom is 0.0970 e. The molecule has 0 saturated heterocycles. The van der Waals surface area contributed by atoms with Crippen LogP contribution in [0.3, 0.4) is 0 Å². The van der Waals surface area contributed by atoms with Crippen LogP contribution >= 0.6 is 0 Å². The Bertz CT molecular complexity index is 2660. The molecule has 0 amide bonds. The number of nitrogens with zero attached hydrogens (tertiary/aromatic N) is 3. The highest BCUT2D eigenvalue weighted by Crippen LogP contribution is 2.44. The molecule has 2 aliphatic rings. The van der Waals surface area contributed by atoms with Gasteiger partial charge in [-0.15, -0.1) is 0 Å². The van der Waals surface area contributed by atoms with Gasteiger partial charge in [0.05, 0.1) is 22.4 Å². The van der Waals surface area contributed by atoms with Gasteiger partial charge in [-0.3, -0.25) is 9.97 Å². The Hall–Kier alpha value is -5.93. The van der Waals surface area contributed by atoms with E-state index in [9.17, 15) is 0 Å². The molecule has 0 atom stereocenters. The number of rotatable bonds is 3. The molecular formula is C45H31N3. The van der Waals surface area contributed by atoms with Gasteiger partial charge in [0.2, 0.25) is 0 Å². The molecule has 0 bridgehead atoms. The summed E-state index contributed by atoms with van der Waals surface area (Å²) in [6, 6.07) is 37.3. The quantitative estimate of drug-likeness (QED) is 0.186. The summed E-state index contributed by atoms with van der Waals surface area (Å²) in [6.07, 6.45) is 17.1. The molecule has 10 rings (SSSR count). The van der Waals surface area contributed by atoms with Crippen molar-refractivity contribution in [1.29, 1.82) is 0 Å². The van der Waals surface area contributed by atoms with Gasteiger partial charge in [-0.05, 0) is 111 Å². The zero-order valence-corrected chi connectivity index (χ0v) is 26.4. The van der Waals surface area contributed by atoms with Crippen molar-refractivity contribution < 1.29 is 0 Å². The minimum absolute atomic E-state index is 0.937. The third-order valence-electron chi connectivity index (χ3n) is 10.3. The lowest BCUT2D eigenvalue weighted by Crippen LogP contribution is -2.07. The Labute approximate surface area is 279 Å². The summed E-state index contributed by atoms with van der Waals surface area (Å²) in [5.41, 5.74) is 14.2. The summed E-state index contributed by atoms with van der Waals surface area (Å²) < 4.78 is 0. The highest BCUT2D eigenvalue weighted by molar-refractivity contribution is 6.19. The Morgan fingerprint density at radius 2 is 1.23 bits per heavy atom. The molecule has 0 N–H and O–H groups in total. The molecular weight excluding hydrogens is 583 g/mol. The monoisotopic (exact) mass is 613 g/mol. The molecule has 0 fully saturated rings. The third kappa shape index (κ3) is 4.17. The first-order valence-corrected chi connectivity index (χ1v) is 16.9. The molecule has 48 heavy (non-hydrogen) atoms. The Morgan fingerprint density at radius 3 is 2.12 bits per heavy atom. The first kappa shape index (κ1) is 27.2. The van der Waals surface area contributed by atoms with E-state index in [0.717, 1.165) is 70.0 Å². The molecule has 2 aliphatic carbocycles. The maximum absolute atomic E-state index is 5.44. The molecule has 3 heterocycles. The van der Waals surface area contributed by atoms with E-state index >= 15 is 0 Å². The lowest BCUT2D eigenvalue weighted by Gasteiger charge is -2.24. The average Bonchev–Trinajstić information content (AvgIpc) is 3.17. The van der Waals surface area contributed by atoms with Crippen LogP contribution < -0.4 is 0 Å². The topological polar surface area (TPSA) is 38.7 Å². The van der Waals surface area contributed by atoms with Crippen molar-refractivity contribution >= 4 is 55.5 Å². The lowest BCUT2D eigenvalue weighted by atomic mass is 9.82. The first-order valence-electron chi connectivity index (χ1n) is 16.9. The van der Waals surface area contributed by atoms with E-state index in [0.29, 0.717) is 0 Å². The molecule has 3 aromatic heterocycles. The Morgan fingerprint density at radius 1 is 0.500 bits per heavy atom. The minimum atomic E-state index is 0.937. The van der Waals surface area contributed by atoms with E-state index in [1.54, 1.807) is 0 Å². The van der Waals surface area contributed by atoms with Crippen LogP contribution in [-0.2, 0) is 12.8 Å². The van der Waals surface area contributed by atoms with Crippen LogP contribution in [0.25, 0.3) is 89.0 Å². The highest BCUT2D eigenvalue weighted by Gasteiger charge is 2.24. The molecule has 5 aromatic carbocycles. The van der Waals surface area contributed by atoms with Gasteiger partial charge in [0, 0.05) is 34.1 Å². The van der Waals surface area contributed by atoms with Gasteiger partial charge in [-0.25, -0.2) is 4.98 Å². The van der Waals surface area contributed by atoms with Crippen LogP contribution in [0.1, 0.15) is 35.2 Å². The predicted molar refractivity (Wildman–Crippen MR) is 201 cm³/mol. The largest absolute Gasteiger partial charge is 0.254 e. The van der Waals surface area contributed by atoms with Crippen LogP contribution in [0, 0.1) is 0 Å². The van der Waals surface area contributed by atoms with Gasteiger partial charge in [0.15, 0.2) is 0 Å². The van der Waals surface area contributed by atoms with Crippen LogP contribution in [0.2, 0.25) is 0 Å². The molecule has 0 radical (unpaired) electrons. The van der Waals surface area contributed by atoms with Gasteiger partial charge in [0.25, 0.3) is 0 Å². The number of hydrogen-bond acceptors (Lipinski definition) is 3. The van der Waals surface area contributed by atoms with E-state index in [-0.39, 0.29) is 0 Å². The van der Waals surface area contributed by atoms with E-state index in [4.69, 9.17) is 9.97 Å². The molecule has 3 heteroatoms. The number of allylic oxidation sites excluding steroid dienone is 2. The zero-order valence-electron chi connectivity index (χ0n) is 26.4. The molecule has 0 aliphatic heterocycles.